The fourth-order valence-corrected chi connectivity index (χ4v) is 3.69. The summed E-state index contributed by atoms with van der Waals surface area (Å²) in [5.74, 6) is -1.98. The fraction of sp³-hybridized carbons (Fsp3) is 0.0455. The second-order valence-corrected chi connectivity index (χ2v) is 7.64. The Kier molecular flexibility index (Phi) is 5.35. The molecule has 1 saturated heterocycles. The van der Waals surface area contributed by atoms with Gasteiger partial charge in [-0.05, 0) is 33.6 Å². The van der Waals surface area contributed by atoms with Crippen LogP contribution >= 0.6 is 15.9 Å². The summed E-state index contributed by atoms with van der Waals surface area (Å²) in [6.45, 7) is 0. The Hall–Kier alpha value is -3.85. The molecule has 1 aliphatic rings. The number of ketones is 1. The standard InChI is InChI=1S/C22H14BrN3O5/c23-15-9-10-17(24-12-15)25-19(14-7-4-8-16(11-14)26(30)31)18(21(28)22(25)29)20(27)13-5-2-1-3-6-13/h1-12,19,27H/t19-/m0/s1. The van der Waals surface area contributed by atoms with Crippen LogP contribution in [-0.4, -0.2) is 26.7 Å². The van der Waals surface area contributed by atoms with Crippen molar-refractivity contribution in [2.45, 2.75) is 6.04 Å². The van der Waals surface area contributed by atoms with Gasteiger partial charge in [-0.3, -0.25) is 24.6 Å². The Bertz CT molecular complexity index is 1230. The number of nitrogens with zero attached hydrogens (tertiary/aromatic N) is 3. The van der Waals surface area contributed by atoms with Crippen LogP contribution in [0.2, 0.25) is 0 Å². The highest BCUT2D eigenvalue weighted by atomic mass is 79.9. The Morgan fingerprint density at radius 1 is 1.06 bits per heavy atom. The molecule has 1 amide bonds. The van der Waals surface area contributed by atoms with Crippen LogP contribution in [0.15, 0.2) is 83.0 Å². The number of aliphatic hydroxyl groups is 1. The van der Waals surface area contributed by atoms with E-state index < -0.39 is 22.7 Å². The average Bonchev–Trinajstić information content (AvgIpc) is 3.05. The molecule has 8 nitrogen and oxygen atoms in total. The number of carbonyl (C=O) groups is 2. The van der Waals surface area contributed by atoms with Crippen LogP contribution < -0.4 is 4.90 Å². The maximum absolute atomic E-state index is 13.0. The number of aromatic nitrogens is 1. The van der Waals surface area contributed by atoms with Crippen LogP contribution in [0.4, 0.5) is 11.5 Å². The minimum absolute atomic E-state index is 0.165. The first kappa shape index (κ1) is 20.4. The topological polar surface area (TPSA) is 114 Å². The van der Waals surface area contributed by atoms with Crippen LogP contribution in [-0.2, 0) is 9.59 Å². The summed E-state index contributed by atoms with van der Waals surface area (Å²) in [6, 6.07) is 16.0. The number of hydrogen-bond donors (Lipinski definition) is 1. The van der Waals surface area contributed by atoms with Gasteiger partial charge in [-0.15, -0.1) is 0 Å². The van der Waals surface area contributed by atoms with Gasteiger partial charge in [0.25, 0.3) is 11.5 Å². The monoisotopic (exact) mass is 479 g/mol. The van der Waals surface area contributed by atoms with E-state index in [9.17, 15) is 24.8 Å². The number of amides is 1. The molecule has 1 aliphatic heterocycles. The molecule has 3 aromatic rings. The summed E-state index contributed by atoms with van der Waals surface area (Å²) >= 11 is 3.28. The first-order valence-corrected chi connectivity index (χ1v) is 9.90. The molecule has 1 N–H and O–H groups in total. The van der Waals surface area contributed by atoms with E-state index in [0.717, 1.165) is 4.90 Å². The fourth-order valence-electron chi connectivity index (χ4n) is 3.45. The van der Waals surface area contributed by atoms with Crippen LogP contribution in [0.5, 0.6) is 0 Å². The molecule has 1 aromatic heterocycles. The number of pyridine rings is 1. The lowest BCUT2D eigenvalue weighted by molar-refractivity contribution is -0.384. The van der Waals surface area contributed by atoms with Crippen molar-refractivity contribution in [1.29, 1.82) is 0 Å². The van der Waals surface area contributed by atoms with Crippen molar-refractivity contribution in [2.24, 2.45) is 0 Å². The molecule has 1 fully saturated rings. The smallest absolute Gasteiger partial charge is 0.301 e. The number of carbonyl (C=O) groups excluding carboxylic acids is 2. The molecule has 0 saturated carbocycles. The van der Waals surface area contributed by atoms with Gasteiger partial charge in [-0.1, -0.05) is 42.5 Å². The number of benzene rings is 2. The van der Waals surface area contributed by atoms with E-state index in [1.165, 1.54) is 24.4 Å². The molecule has 2 heterocycles. The highest BCUT2D eigenvalue weighted by molar-refractivity contribution is 9.10. The Morgan fingerprint density at radius 2 is 1.81 bits per heavy atom. The molecule has 1 atom stereocenters. The molecule has 4 rings (SSSR count). The number of hydrogen-bond acceptors (Lipinski definition) is 6. The predicted octanol–water partition coefficient (Wildman–Crippen LogP) is 4.38. The molecule has 31 heavy (non-hydrogen) atoms. The second-order valence-electron chi connectivity index (χ2n) is 6.72. The SMILES string of the molecule is O=C1C(=O)N(c2ccc(Br)cn2)[C@@H](c2cccc([N+](=O)[O-])c2)C1=C(O)c1ccccc1. The Balaban J connectivity index is 1.97. The molecule has 0 unspecified atom stereocenters. The summed E-state index contributed by atoms with van der Waals surface area (Å²) < 4.78 is 0.670. The minimum Gasteiger partial charge on any atom is -0.507 e. The maximum atomic E-state index is 13.0. The van der Waals surface area contributed by atoms with E-state index in [0.29, 0.717) is 15.6 Å². The Morgan fingerprint density at radius 3 is 2.45 bits per heavy atom. The third-order valence-electron chi connectivity index (χ3n) is 4.85. The van der Waals surface area contributed by atoms with E-state index >= 15 is 0 Å². The summed E-state index contributed by atoms with van der Waals surface area (Å²) in [5.41, 5.74) is 0.281. The number of rotatable bonds is 4. The minimum atomic E-state index is -1.09. The van der Waals surface area contributed by atoms with Crippen LogP contribution in [0.3, 0.4) is 0 Å². The van der Waals surface area contributed by atoms with Gasteiger partial charge in [-0.25, -0.2) is 4.98 Å². The lowest BCUT2D eigenvalue weighted by atomic mass is 9.95. The third kappa shape index (κ3) is 3.71. The lowest BCUT2D eigenvalue weighted by Crippen LogP contribution is -2.30. The summed E-state index contributed by atoms with van der Waals surface area (Å²) in [4.78, 5) is 42.1. The van der Waals surface area contributed by atoms with Crippen molar-refractivity contribution < 1.29 is 19.6 Å². The number of halogens is 1. The average molecular weight is 480 g/mol. The lowest BCUT2D eigenvalue weighted by Gasteiger charge is -2.24. The summed E-state index contributed by atoms with van der Waals surface area (Å²) in [5, 5.41) is 22.2. The number of anilines is 1. The van der Waals surface area contributed by atoms with Crippen LogP contribution in [0.25, 0.3) is 5.76 Å². The van der Waals surface area contributed by atoms with Gasteiger partial charge in [-0.2, -0.15) is 0 Å². The van der Waals surface area contributed by atoms with E-state index in [-0.39, 0.29) is 22.8 Å². The highest BCUT2D eigenvalue weighted by Crippen LogP contribution is 2.42. The van der Waals surface area contributed by atoms with Gasteiger partial charge in [0.05, 0.1) is 16.5 Å². The van der Waals surface area contributed by atoms with E-state index in [1.54, 1.807) is 48.5 Å². The predicted molar refractivity (Wildman–Crippen MR) is 116 cm³/mol. The first-order valence-electron chi connectivity index (χ1n) is 9.11. The molecule has 154 valence electrons. The highest BCUT2D eigenvalue weighted by Gasteiger charge is 2.47. The number of nitro benzene ring substituents is 1. The molecule has 0 radical (unpaired) electrons. The van der Waals surface area contributed by atoms with Gasteiger partial charge in [0.2, 0.25) is 0 Å². The Labute approximate surface area is 184 Å². The molecule has 2 aromatic carbocycles. The molecule has 0 spiro atoms. The largest absolute Gasteiger partial charge is 0.507 e. The molecule has 0 aliphatic carbocycles. The summed E-state index contributed by atoms with van der Waals surface area (Å²) in [6.07, 6.45) is 1.47. The number of Topliss-reactive ketones (excluding diaryl/α,β-unsaturated/α-hetero) is 1. The normalized spacial score (nSPS) is 17.7. The maximum Gasteiger partial charge on any atom is 0.301 e. The van der Waals surface area contributed by atoms with Crippen molar-refractivity contribution >= 4 is 44.9 Å². The van der Waals surface area contributed by atoms with Gasteiger partial charge in [0, 0.05) is 28.4 Å². The van der Waals surface area contributed by atoms with Gasteiger partial charge in [0.1, 0.15) is 11.6 Å². The summed E-state index contributed by atoms with van der Waals surface area (Å²) in [7, 11) is 0. The molecular formula is C22H14BrN3O5. The second kappa shape index (κ2) is 8.11. The van der Waals surface area contributed by atoms with E-state index in [4.69, 9.17) is 0 Å². The van der Waals surface area contributed by atoms with Gasteiger partial charge < -0.3 is 5.11 Å². The third-order valence-corrected chi connectivity index (χ3v) is 5.32. The molecular weight excluding hydrogens is 466 g/mol. The van der Waals surface area contributed by atoms with Crippen molar-refractivity contribution in [2.75, 3.05) is 4.90 Å². The van der Waals surface area contributed by atoms with Crippen molar-refractivity contribution in [3.63, 3.8) is 0 Å². The van der Waals surface area contributed by atoms with E-state index in [1.807, 2.05) is 0 Å². The molecule has 0 bridgehead atoms. The first-order chi connectivity index (χ1) is 14.9. The van der Waals surface area contributed by atoms with Crippen LogP contribution in [0.1, 0.15) is 17.2 Å². The quantitative estimate of drug-likeness (QED) is 0.195. The van der Waals surface area contributed by atoms with Crippen LogP contribution in [0, 0.1) is 10.1 Å². The zero-order valence-corrected chi connectivity index (χ0v) is 17.4. The molecule has 9 heteroatoms. The number of aliphatic hydroxyl groups excluding tert-OH is 1. The number of non-ortho nitro benzene ring substituents is 1. The van der Waals surface area contributed by atoms with Gasteiger partial charge in [0.15, 0.2) is 0 Å². The van der Waals surface area contributed by atoms with Crippen molar-refractivity contribution in [1.82, 2.24) is 4.98 Å². The zero-order valence-electron chi connectivity index (χ0n) is 15.8. The van der Waals surface area contributed by atoms with Crippen molar-refractivity contribution in [3.05, 3.63) is 104 Å². The van der Waals surface area contributed by atoms with Gasteiger partial charge >= 0.3 is 5.91 Å². The van der Waals surface area contributed by atoms with Crippen molar-refractivity contribution in [3.8, 4) is 0 Å². The van der Waals surface area contributed by atoms with E-state index in [2.05, 4.69) is 20.9 Å². The number of nitro groups is 1. The zero-order chi connectivity index (χ0) is 22.1.